The molecule has 0 bridgehead atoms. The Hall–Kier alpha value is -3.38. The van der Waals surface area contributed by atoms with Crippen molar-refractivity contribution in [2.75, 3.05) is 17.7 Å². The Morgan fingerprint density at radius 1 is 1.07 bits per heavy atom. The van der Waals surface area contributed by atoms with Crippen molar-refractivity contribution in [3.05, 3.63) is 71.1 Å². The van der Waals surface area contributed by atoms with E-state index < -0.39 is 0 Å². The molecule has 0 aliphatic carbocycles. The van der Waals surface area contributed by atoms with Crippen LogP contribution in [-0.4, -0.2) is 17.5 Å². The molecule has 0 saturated carbocycles. The average Bonchev–Trinajstić information content (AvgIpc) is 3.06. The number of amides is 1. The molecule has 2 aromatic carbocycles. The van der Waals surface area contributed by atoms with Gasteiger partial charge in [-0.05, 0) is 50.2 Å². The molecule has 0 unspecified atom stereocenters. The third-order valence-corrected chi connectivity index (χ3v) is 5.68. The summed E-state index contributed by atoms with van der Waals surface area (Å²) < 4.78 is 5.42. The van der Waals surface area contributed by atoms with E-state index in [0.717, 1.165) is 27.2 Å². The van der Waals surface area contributed by atoms with Gasteiger partial charge in [-0.15, -0.1) is 11.3 Å². The summed E-state index contributed by atoms with van der Waals surface area (Å²) in [6, 6.07) is 19.3. The molecular weight excluding hydrogens is 382 g/mol. The molecule has 0 fully saturated rings. The first-order valence-corrected chi connectivity index (χ1v) is 10.2. The minimum atomic E-state index is -0.244. The topological polar surface area (TPSA) is 77.2 Å². The van der Waals surface area contributed by atoms with Crippen LogP contribution in [0.5, 0.6) is 5.75 Å². The first-order valence-electron chi connectivity index (χ1n) is 9.35. The summed E-state index contributed by atoms with van der Waals surface area (Å²) in [5, 5.41) is 3.68. The highest BCUT2D eigenvalue weighted by Crippen LogP contribution is 2.34. The van der Waals surface area contributed by atoms with Gasteiger partial charge >= 0.3 is 0 Å². The Bertz CT molecular complexity index is 1170. The van der Waals surface area contributed by atoms with Gasteiger partial charge in [-0.25, -0.2) is 4.98 Å². The maximum absolute atomic E-state index is 12.8. The van der Waals surface area contributed by atoms with Crippen molar-refractivity contribution in [3.63, 3.8) is 0 Å². The largest absolute Gasteiger partial charge is 0.494 e. The number of pyridine rings is 1. The fourth-order valence-electron chi connectivity index (χ4n) is 3.04. The summed E-state index contributed by atoms with van der Waals surface area (Å²) in [5.74, 6) is 0.520. The number of anilines is 2. The number of carbonyl (C=O) groups excluding carboxylic acids is 1. The van der Waals surface area contributed by atoms with Crippen LogP contribution in [0.15, 0.2) is 60.7 Å². The number of aryl methyl sites for hydroxylation is 1. The lowest BCUT2D eigenvalue weighted by molar-refractivity contribution is 0.103. The number of nitrogens with one attached hydrogen (secondary N) is 1. The summed E-state index contributed by atoms with van der Waals surface area (Å²) in [6.45, 7) is 4.58. The predicted octanol–water partition coefficient (Wildman–Crippen LogP) is 5.50. The molecule has 2 aromatic heterocycles. The lowest BCUT2D eigenvalue weighted by Crippen LogP contribution is -2.11. The van der Waals surface area contributed by atoms with E-state index in [1.54, 1.807) is 12.1 Å². The van der Waals surface area contributed by atoms with Crippen molar-refractivity contribution in [2.45, 2.75) is 13.8 Å². The molecule has 146 valence electrons. The predicted molar refractivity (Wildman–Crippen MR) is 120 cm³/mol. The monoisotopic (exact) mass is 403 g/mol. The van der Waals surface area contributed by atoms with E-state index in [0.29, 0.717) is 22.9 Å². The van der Waals surface area contributed by atoms with Gasteiger partial charge in [0.1, 0.15) is 15.5 Å². The van der Waals surface area contributed by atoms with Crippen LogP contribution in [0.2, 0.25) is 0 Å². The molecule has 5 nitrogen and oxygen atoms in total. The Labute approximate surface area is 173 Å². The standard InChI is InChI=1S/C23H21N3O2S/c1-3-28-17-10-8-16(9-11-17)25-22(27)21-20(24)18-12-13-19(26-23(18)29-21)15-6-4-14(2)5-7-15/h4-13H,3,24H2,1-2H3,(H,25,27). The highest BCUT2D eigenvalue weighted by Gasteiger charge is 2.18. The molecule has 0 aliphatic heterocycles. The quantitative estimate of drug-likeness (QED) is 0.461. The zero-order valence-corrected chi connectivity index (χ0v) is 17.0. The Kier molecular flexibility index (Phi) is 5.18. The van der Waals surface area contributed by atoms with Crippen molar-refractivity contribution < 1.29 is 9.53 Å². The van der Waals surface area contributed by atoms with E-state index in [1.165, 1.54) is 16.9 Å². The van der Waals surface area contributed by atoms with Gasteiger partial charge in [0.25, 0.3) is 5.91 Å². The number of hydrogen-bond acceptors (Lipinski definition) is 5. The van der Waals surface area contributed by atoms with Gasteiger partial charge in [-0.3, -0.25) is 4.79 Å². The van der Waals surface area contributed by atoms with Crippen LogP contribution in [0, 0.1) is 6.92 Å². The second-order valence-corrected chi connectivity index (χ2v) is 7.67. The maximum Gasteiger partial charge on any atom is 0.267 e. The highest BCUT2D eigenvalue weighted by molar-refractivity contribution is 7.21. The summed E-state index contributed by atoms with van der Waals surface area (Å²) >= 11 is 1.30. The number of nitrogen functional groups attached to an aromatic ring is 1. The number of nitrogens with two attached hydrogens (primary N) is 1. The van der Waals surface area contributed by atoms with E-state index in [9.17, 15) is 4.79 Å². The zero-order chi connectivity index (χ0) is 20.4. The minimum absolute atomic E-state index is 0.244. The number of aromatic nitrogens is 1. The van der Waals surface area contributed by atoms with Gasteiger partial charge < -0.3 is 15.8 Å². The van der Waals surface area contributed by atoms with Crippen LogP contribution >= 0.6 is 11.3 Å². The molecule has 29 heavy (non-hydrogen) atoms. The average molecular weight is 404 g/mol. The van der Waals surface area contributed by atoms with E-state index >= 15 is 0 Å². The molecule has 0 spiro atoms. The smallest absolute Gasteiger partial charge is 0.267 e. The van der Waals surface area contributed by atoms with Gasteiger partial charge in [0, 0.05) is 16.6 Å². The highest BCUT2D eigenvalue weighted by atomic mass is 32.1. The molecule has 0 atom stereocenters. The summed E-state index contributed by atoms with van der Waals surface area (Å²) in [4.78, 5) is 18.7. The summed E-state index contributed by atoms with van der Waals surface area (Å²) in [7, 11) is 0. The molecule has 4 aromatic rings. The fourth-order valence-corrected chi connectivity index (χ4v) is 4.03. The molecule has 0 radical (unpaired) electrons. The molecule has 3 N–H and O–H groups in total. The van der Waals surface area contributed by atoms with E-state index in [-0.39, 0.29) is 5.91 Å². The summed E-state index contributed by atoms with van der Waals surface area (Å²) in [6.07, 6.45) is 0. The third kappa shape index (κ3) is 3.93. The van der Waals surface area contributed by atoms with Crippen molar-refractivity contribution in [1.82, 2.24) is 4.98 Å². The number of nitrogens with zero attached hydrogens (tertiary/aromatic N) is 1. The molecule has 1 amide bonds. The number of ether oxygens (including phenoxy) is 1. The number of fused-ring (bicyclic) bond motifs is 1. The van der Waals surface area contributed by atoms with Gasteiger partial charge in [0.05, 0.1) is 18.0 Å². The minimum Gasteiger partial charge on any atom is -0.494 e. The van der Waals surface area contributed by atoms with Gasteiger partial charge in [0.15, 0.2) is 0 Å². The first-order chi connectivity index (χ1) is 14.0. The lowest BCUT2D eigenvalue weighted by Gasteiger charge is -2.06. The van der Waals surface area contributed by atoms with Gasteiger partial charge in [-0.2, -0.15) is 0 Å². The summed E-state index contributed by atoms with van der Waals surface area (Å²) in [5.41, 5.74) is 10.5. The van der Waals surface area contributed by atoms with Crippen LogP contribution in [0.3, 0.4) is 0 Å². The van der Waals surface area contributed by atoms with Crippen molar-refractivity contribution in [3.8, 4) is 17.0 Å². The first kappa shape index (κ1) is 19.0. The van der Waals surface area contributed by atoms with E-state index in [1.807, 2.05) is 43.3 Å². The van der Waals surface area contributed by atoms with E-state index in [2.05, 4.69) is 24.4 Å². The number of hydrogen-bond donors (Lipinski definition) is 2. The lowest BCUT2D eigenvalue weighted by atomic mass is 10.1. The SMILES string of the molecule is CCOc1ccc(NC(=O)c2sc3nc(-c4ccc(C)cc4)ccc3c2N)cc1. The normalized spacial score (nSPS) is 10.8. The molecule has 0 saturated heterocycles. The van der Waals surface area contributed by atoms with Crippen molar-refractivity contribution >= 4 is 38.8 Å². The fraction of sp³-hybridized carbons (Fsp3) is 0.130. The Morgan fingerprint density at radius 2 is 1.79 bits per heavy atom. The molecule has 6 heteroatoms. The molecular formula is C23H21N3O2S. The Morgan fingerprint density at radius 3 is 2.48 bits per heavy atom. The second kappa shape index (κ2) is 7.93. The van der Waals surface area contributed by atoms with Gasteiger partial charge in [0.2, 0.25) is 0 Å². The van der Waals surface area contributed by atoms with Crippen LogP contribution in [0.25, 0.3) is 21.5 Å². The van der Waals surface area contributed by atoms with Crippen LogP contribution < -0.4 is 15.8 Å². The molecule has 4 rings (SSSR count). The molecule has 2 heterocycles. The van der Waals surface area contributed by atoms with Crippen molar-refractivity contribution in [2.24, 2.45) is 0 Å². The van der Waals surface area contributed by atoms with Crippen LogP contribution in [0.1, 0.15) is 22.2 Å². The number of benzene rings is 2. The van der Waals surface area contributed by atoms with E-state index in [4.69, 9.17) is 15.5 Å². The molecule has 0 aliphatic rings. The zero-order valence-electron chi connectivity index (χ0n) is 16.2. The maximum atomic E-state index is 12.8. The second-order valence-electron chi connectivity index (χ2n) is 6.67. The number of carbonyl (C=O) groups is 1. The van der Waals surface area contributed by atoms with Gasteiger partial charge in [-0.1, -0.05) is 29.8 Å². The number of rotatable bonds is 5. The van der Waals surface area contributed by atoms with Crippen molar-refractivity contribution in [1.29, 1.82) is 0 Å². The van der Waals surface area contributed by atoms with Crippen LogP contribution in [-0.2, 0) is 0 Å². The van der Waals surface area contributed by atoms with Crippen LogP contribution in [0.4, 0.5) is 11.4 Å². The Balaban J connectivity index is 1.60. The third-order valence-electron chi connectivity index (χ3n) is 4.57. The number of thiophene rings is 1.